The molecule has 0 heterocycles. The lowest BCUT2D eigenvalue weighted by molar-refractivity contribution is 0.267. The molecule has 0 aromatic heterocycles. The SMILES string of the molecule is CCCN([N])CCC. The normalized spacial score (nSPS) is 10.5. The Balaban J connectivity index is 2.92. The summed E-state index contributed by atoms with van der Waals surface area (Å²) in [6.45, 7) is 5.71. The molecule has 0 bridgehead atoms. The minimum absolute atomic E-state index is 0.799. The second kappa shape index (κ2) is 5.06. The molecule has 0 spiro atoms. The molecule has 0 atom stereocenters. The first-order valence-corrected chi connectivity index (χ1v) is 3.25. The van der Waals surface area contributed by atoms with Gasteiger partial charge in [-0.15, -0.1) is 0 Å². The Morgan fingerprint density at radius 3 is 1.75 bits per heavy atom. The van der Waals surface area contributed by atoms with E-state index < -0.39 is 0 Å². The van der Waals surface area contributed by atoms with Crippen LogP contribution in [0.1, 0.15) is 26.7 Å². The highest BCUT2D eigenvalue weighted by molar-refractivity contribution is 4.42. The third-order valence-corrected chi connectivity index (χ3v) is 0.963. The van der Waals surface area contributed by atoms with E-state index in [0.29, 0.717) is 0 Å². The zero-order valence-electron chi connectivity index (χ0n) is 5.72. The molecule has 2 nitrogen and oxygen atoms in total. The second-order valence-electron chi connectivity index (χ2n) is 1.95. The van der Waals surface area contributed by atoms with Gasteiger partial charge in [0.25, 0.3) is 0 Å². The van der Waals surface area contributed by atoms with Crippen LogP contribution in [0.2, 0.25) is 0 Å². The average molecular weight is 114 g/mol. The lowest BCUT2D eigenvalue weighted by atomic mass is 10.4. The summed E-state index contributed by atoms with van der Waals surface area (Å²) in [6, 6.07) is 0. The minimum atomic E-state index is 0.799. The summed E-state index contributed by atoms with van der Waals surface area (Å²) in [5, 5.41) is 1.36. The maximum Gasteiger partial charge on any atom is 0.0160 e. The van der Waals surface area contributed by atoms with Crippen LogP contribution in [-0.2, 0) is 0 Å². The predicted molar refractivity (Wildman–Crippen MR) is 34.3 cm³/mol. The van der Waals surface area contributed by atoms with Crippen molar-refractivity contribution >= 4 is 0 Å². The molecule has 0 aromatic carbocycles. The van der Waals surface area contributed by atoms with Gasteiger partial charge < -0.3 is 0 Å². The molecule has 0 aromatic rings. The van der Waals surface area contributed by atoms with Gasteiger partial charge in [-0.25, -0.2) is 5.01 Å². The summed E-state index contributed by atoms with van der Waals surface area (Å²) in [5.74, 6) is 8.88. The Kier molecular flexibility index (Phi) is 5.01. The quantitative estimate of drug-likeness (QED) is 0.502. The molecule has 0 saturated heterocycles. The molecular weight excluding hydrogens is 100 g/mol. The van der Waals surface area contributed by atoms with E-state index in [4.69, 9.17) is 5.84 Å². The zero-order chi connectivity index (χ0) is 6.41. The van der Waals surface area contributed by atoms with Gasteiger partial charge in [-0.3, -0.25) is 0 Å². The summed E-state index contributed by atoms with van der Waals surface area (Å²) >= 11 is 0. The van der Waals surface area contributed by atoms with Crippen molar-refractivity contribution in [3.05, 3.63) is 0 Å². The molecule has 0 rings (SSSR count). The molecule has 0 unspecified atom stereocenters. The van der Waals surface area contributed by atoms with Crippen molar-refractivity contribution < 1.29 is 0 Å². The van der Waals surface area contributed by atoms with Crippen molar-refractivity contribution in [2.24, 2.45) is 0 Å². The summed E-state index contributed by atoms with van der Waals surface area (Å²) < 4.78 is 0. The highest BCUT2D eigenvalue weighted by atomic mass is 15.4. The lowest BCUT2D eigenvalue weighted by Gasteiger charge is -2.08. The highest BCUT2D eigenvalue weighted by Gasteiger charge is 1.93. The van der Waals surface area contributed by atoms with Gasteiger partial charge in [0.2, 0.25) is 0 Å². The van der Waals surface area contributed by atoms with E-state index in [0.717, 1.165) is 25.9 Å². The fourth-order valence-electron chi connectivity index (χ4n) is 0.628. The van der Waals surface area contributed by atoms with Gasteiger partial charge in [0, 0.05) is 13.1 Å². The molecular formula is C6H14N2. The Labute approximate surface area is 51.6 Å². The van der Waals surface area contributed by atoms with E-state index in [9.17, 15) is 0 Å². The Bertz CT molecular complexity index is 39.8. The molecule has 0 aliphatic rings. The van der Waals surface area contributed by atoms with Gasteiger partial charge in [0.05, 0.1) is 0 Å². The van der Waals surface area contributed by atoms with Crippen LogP contribution in [0.15, 0.2) is 0 Å². The third kappa shape index (κ3) is 4.09. The fourth-order valence-corrected chi connectivity index (χ4v) is 0.628. The Hall–Kier alpha value is -0.0800. The molecule has 2 heteroatoms. The van der Waals surface area contributed by atoms with E-state index in [1.165, 1.54) is 5.01 Å². The van der Waals surface area contributed by atoms with Crippen molar-refractivity contribution in [1.29, 1.82) is 0 Å². The van der Waals surface area contributed by atoms with E-state index in [2.05, 4.69) is 13.8 Å². The summed E-state index contributed by atoms with van der Waals surface area (Å²) in [7, 11) is 0. The Morgan fingerprint density at radius 1 is 1.12 bits per heavy atom. The van der Waals surface area contributed by atoms with Crippen LogP contribution in [0.5, 0.6) is 0 Å². The highest BCUT2D eigenvalue weighted by Crippen LogP contribution is 1.85. The lowest BCUT2D eigenvalue weighted by Crippen LogP contribution is -2.22. The first kappa shape index (κ1) is 7.92. The van der Waals surface area contributed by atoms with Gasteiger partial charge in [0.1, 0.15) is 0 Å². The van der Waals surface area contributed by atoms with Gasteiger partial charge in [0.15, 0.2) is 0 Å². The van der Waals surface area contributed by atoms with Crippen molar-refractivity contribution in [3.8, 4) is 0 Å². The molecule has 8 heavy (non-hydrogen) atoms. The molecule has 0 aliphatic carbocycles. The summed E-state index contributed by atoms with van der Waals surface area (Å²) in [6.07, 6.45) is 2.05. The van der Waals surface area contributed by atoms with Crippen LogP contribution in [0.3, 0.4) is 0 Å². The molecule has 0 aliphatic heterocycles. The van der Waals surface area contributed by atoms with Crippen molar-refractivity contribution in [3.63, 3.8) is 0 Å². The predicted octanol–water partition coefficient (Wildman–Crippen LogP) is 1.09. The smallest absolute Gasteiger partial charge is 0.0160 e. The Morgan fingerprint density at radius 2 is 1.50 bits per heavy atom. The average Bonchev–Trinajstić information content (AvgIpc) is 1.68. The molecule has 0 N–H and O–H groups in total. The van der Waals surface area contributed by atoms with Gasteiger partial charge in [-0.05, 0) is 18.7 Å². The first-order valence-electron chi connectivity index (χ1n) is 3.25. The van der Waals surface area contributed by atoms with E-state index in [-0.39, 0.29) is 0 Å². The van der Waals surface area contributed by atoms with Crippen molar-refractivity contribution in [1.82, 2.24) is 10.9 Å². The molecule has 2 radical (unpaired) electrons. The van der Waals surface area contributed by atoms with Crippen LogP contribution in [0.25, 0.3) is 0 Å². The van der Waals surface area contributed by atoms with Crippen LogP contribution in [-0.4, -0.2) is 18.1 Å². The van der Waals surface area contributed by atoms with Crippen molar-refractivity contribution in [2.45, 2.75) is 26.7 Å². The third-order valence-electron chi connectivity index (χ3n) is 0.963. The topological polar surface area (TPSA) is 25.5 Å². The van der Waals surface area contributed by atoms with Crippen LogP contribution >= 0.6 is 0 Å². The molecule has 0 fully saturated rings. The monoisotopic (exact) mass is 114 g/mol. The number of nitrogens with zero attached hydrogens (tertiary/aromatic N) is 2. The summed E-state index contributed by atoms with van der Waals surface area (Å²) in [4.78, 5) is 0. The number of rotatable bonds is 4. The van der Waals surface area contributed by atoms with Crippen LogP contribution in [0.4, 0.5) is 0 Å². The van der Waals surface area contributed by atoms with E-state index >= 15 is 0 Å². The van der Waals surface area contributed by atoms with Gasteiger partial charge in [-0.1, -0.05) is 13.8 Å². The summed E-state index contributed by atoms with van der Waals surface area (Å²) in [5.41, 5.74) is 0. The molecule has 0 saturated carbocycles. The fraction of sp³-hybridized carbons (Fsp3) is 1.00. The van der Waals surface area contributed by atoms with Crippen LogP contribution in [0, 0.1) is 0 Å². The minimum Gasteiger partial charge on any atom is -0.208 e. The maximum atomic E-state index is 8.88. The maximum absolute atomic E-state index is 8.88. The van der Waals surface area contributed by atoms with Gasteiger partial charge >= 0.3 is 0 Å². The first-order chi connectivity index (χ1) is 3.81. The largest absolute Gasteiger partial charge is 0.208 e. The van der Waals surface area contributed by atoms with Crippen molar-refractivity contribution in [2.75, 3.05) is 13.1 Å². The molecule has 48 valence electrons. The van der Waals surface area contributed by atoms with E-state index in [1.54, 1.807) is 0 Å². The molecule has 0 amide bonds. The second-order valence-corrected chi connectivity index (χ2v) is 1.95. The standard InChI is InChI=1S/C6H14N2/c1-3-5-8(7)6-4-2/h3-6H2,1-2H3. The van der Waals surface area contributed by atoms with Crippen LogP contribution < -0.4 is 5.84 Å². The zero-order valence-corrected chi connectivity index (χ0v) is 5.72. The number of hydrogen-bond donors (Lipinski definition) is 0. The van der Waals surface area contributed by atoms with E-state index in [1.807, 2.05) is 0 Å². The van der Waals surface area contributed by atoms with Gasteiger partial charge in [-0.2, -0.15) is 0 Å². The number of hydrogen-bond acceptors (Lipinski definition) is 1.